The highest BCUT2D eigenvalue weighted by atomic mass is 16.5. The first-order valence-corrected chi connectivity index (χ1v) is 5.68. The first kappa shape index (κ1) is 12.8. The number of hydrogen-bond acceptors (Lipinski definition) is 4. The van der Waals surface area contributed by atoms with Gasteiger partial charge in [0.15, 0.2) is 0 Å². The van der Waals surface area contributed by atoms with Crippen LogP contribution in [0.2, 0.25) is 0 Å². The van der Waals surface area contributed by atoms with Crippen LogP contribution in [-0.2, 0) is 4.74 Å². The van der Waals surface area contributed by atoms with Crippen molar-refractivity contribution in [3.63, 3.8) is 0 Å². The Bertz CT molecular complexity index is 292. The predicted molar refractivity (Wildman–Crippen MR) is 65.0 cm³/mol. The number of hydrogen-bond donors (Lipinski definition) is 1. The number of aromatic nitrogens is 1. The normalized spacial score (nSPS) is 10.1. The minimum Gasteiger partial charge on any atom is -0.481 e. The first-order chi connectivity index (χ1) is 7.86. The maximum Gasteiger partial charge on any atom is 0.214 e. The number of unbranched alkanes of at least 4 members (excludes halogenated alkanes) is 1. The topological polar surface area (TPSA) is 43.4 Å². The Morgan fingerprint density at radius 1 is 1.38 bits per heavy atom. The van der Waals surface area contributed by atoms with Crippen molar-refractivity contribution in [2.45, 2.75) is 19.8 Å². The van der Waals surface area contributed by atoms with Crippen molar-refractivity contribution in [2.24, 2.45) is 0 Å². The second-order valence-corrected chi connectivity index (χ2v) is 3.48. The molecule has 0 saturated carbocycles. The molecule has 0 fully saturated rings. The largest absolute Gasteiger partial charge is 0.481 e. The Morgan fingerprint density at radius 3 is 3.00 bits per heavy atom. The summed E-state index contributed by atoms with van der Waals surface area (Å²) in [6.07, 6.45) is 4.02. The van der Waals surface area contributed by atoms with Gasteiger partial charge < -0.3 is 14.8 Å². The monoisotopic (exact) mass is 224 g/mol. The molecule has 0 aliphatic rings. The zero-order valence-electron chi connectivity index (χ0n) is 10.0. The van der Waals surface area contributed by atoms with Gasteiger partial charge in [0.05, 0.1) is 13.7 Å². The van der Waals surface area contributed by atoms with E-state index in [-0.39, 0.29) is 0 Å². The van der Waals surface area contributed by atoms with Gasteiger partial charge in [-0.1, -0.05) is 13.3 Å². The van der Waals surface area contributed by atoms with E-state index in [0.717, 1.165) is 31.9 Å². The van der Waals surface area contributed by atoms with Crippen LogP contribution in [0, 0.1) is 0 Å². The van der Waals surface area contributed by atoms with Gasteiger partial charge in [0.1, 0.15) is 0 Å². The van der Waals surface area contributed by atoms with Gasteiger partial charge in [-0.15, -0.1) is 0 Å². The van der Waals surface area contributed by atoms with E-state index in [1.165, 1.54) is 6.42 Å². The summed E-state index contributed by atoms with van der Waals surface area (Å²) in [6.45, 7) is 4.53. The standard InChI is InChI=1S/C12H20N2O2/c1-3-4-8-16-9-7-13-11-5-6-14-12(10-11)15-2/h5-6,10H,3-4,7-9H2,1-2H3,(H,13,14). The molecule has 1 N–H and O–H groups in total. The molecular weight excluding hydrogens is 204 g/mol. The molecule has 1 rings (SSSR count). The summed E-state index contributed by atoms with van der Waals surface area (Å²) in [7, 11) is 1.61. The number of nitrogens with zero attached hydrogens (tertiary/aromatic N) is 1. The number of ether oxygens (including phenoxy) is 2. The zero-order valence-corrected chi connectivity index (χ0v) is 10.0. The fraction of sp³-hybridized carbons (Fsp3) is 0.583. The summed E-state index contributed by atoms with van der Waals surface area (Å²) in [5, 5.41) is 3.25. The van der Waals surface area contributed by atoms with Crippen molar-refractivity contribution < 1.29 is 9.47 Å². The fourth-order valence-corrected chi connectivity index (χ4v) is 1.25. The summed E-state index contributed by atoms with van der Waals surface area (Å²) < 4.78 is 10.5. The third-order valence-electron chi connectivity index (χ3n) is 2.16. The molecule has 0 aromatic carbocycles. The Kier molecular flexibility index (Phi) is 6.33. The van der Waals surface area contributed by atoms with Crippen LogP contribution in [0.3, 0.4) is 0 Å². The molecule has 1 aromatic heterocycles. The highest BCUT2D eigenvalue weighted by Gasteiger charge is 1.95. The Balaban J connectivity index is 2.16. The summed E-state index contributed by atoms with van der Waals surface area (Å²) >= 11 is 0. The minimum absolute atomic E-state index is 0.622. The Labute approximate surface area is 97.0 Å². The Morgan fingerprint density at radius 2 is 2.25 bits per heavy atom. The number of anilines is 1. The van der Waals surface area contributed by atoms with Crippen LogP contribution in [0.25, 0.3) is 0 Å². The van der Waals surface area contributed by atoms with E-state index >= 15 is 0 Å². The zero-order chi connectivity index (χ0) is 11.6. The van der Waals surface area contributed by atoms with Crippen LogP contribution >= 0.6 is 0 Å². The fourth-order valence-electron chi connectivity index (χ4n) is 1.25. The van der Waals surface area contributed by atoms with E-state index in [9.17, 15) is 0 Å². The van der Waals surface area contributed by atoms with Crippen LogP contribution in [0.15, 0.2) is 18.3 Å². The lowest BCUT2D eigenvalue weighted by atomic mass is 10.4. The second-order valence-electron chi connectivity index (χ2n) is 3.48. The highest BCUT2D eigenvalue weighted by Crippen LogP contribution is 2.12. The van der Waals surface area contributed by atoms with Crippen molar-refractivity contribution in [1.82, 2.24) is 4.98 Å². The molecule has 90 valence electrons. The van der Waals surface area contributed by atoms with Crippen molar-refractivity contribution in [3.8, 4) is 5.88 Å². The molecule has 0 aliphatic carbocycles. The molecule has 0 bridgehead atoms. The third-order valence-corrected chi connectivity index (χ3v) is 2.16. The van der Waals surface area contributed by atoms with E-state index < -0.39 is 0 Å². The SMILES string of the molecule is CCCCOCCNc1ccnc(OC)c1. The smallest absolute Gasteiger partial charge is 0.214 e. The lowest BCUT2D eigenvalue weighted by molar-refractivity contribution is 0.141. The van der Waals surface area contributed by atoms with Crippen LogP contribution in [0.4, 0.5) is 5.69 Å². The van der Waals surface area contributed by atoms with E-state index in [1.807, 2.05) is 12.1 Å². The summed E-state index contributed by atoms with van der Waals surface area (Å²) in [5.41, 5.74) is 1.01. The highest BCUT2D eigenvalue weighted by molar-refractivity contribution is 5.44. The van der Waals surface area contributed by atoms with Gasteiger partial charge in [-0.25, -0.2) is 4.98 Å². The number of methoxy groups -OCH3 is 1. The van der Waals surface area contributed by atoms with E-state index in [4.69, 9.17) is 9.47 Å². The third kappa shape index (κ3) is 4.98. The lowest BCUT2D eigenvalue weighted by Gasteiger charge is -2.07. The average molecular weight is 224 g/mol. The van der Waals surface area contributed by atoms with Crippen LogP contribution in [0.1, 0.15) is 19.8 Å². The van der Waals surface area contributed by atoms with E-state index in [1.54, 1.807) is 13.3 Å². The van der Waals surface area contributed by atoms with Crippen molar-refractivity contribution in [3.05, 3.63) is 18.3 Å². The van der Waals surface area contributed by atoms with E-state index in [2.05, 4.69) is 17.2 Å². The van der Waals surface area contributed by atoms with Crippen molar-refractivity contribution >= 4 is 5.69 Å². The lowest BCUT2D eigenvalue weighted by Crippen LogP contribution is -2.10. The van der Waals surface area contributed by atoms with Gasteiger partial charge in [-0.3, -0.25) is 0 Å². The molecule has 0 unspecified atom stereocenters. The van der Waals surface area contributed by atoms with Crippen LogP contribution < -0.4 is 10.1 Å². The molecule has 16 heavy (non-hydrogen) atoms. The summed E-state index contributed by atoms with van der Waals surface area (Å²) in [6, 6.07) is 3.78. The molecule has 0 spiro atoms. The van der Waals surface area contributed by atoms with Gasteiger partial charge in [0.2, 0.25) is 5.88 Å². The molecule has 0 radical (unpaired) electrons. The number of rotatable bonds is 8. The molecule has 4 heteroatoms. The molecular formula is C12H20N2O2. The molecule has 4 nitrogen and oxygen atoms in total. The maximum absolute atomic E-state index is 5.44. The maximum atomic E-state index is 5.44. The first-order valence-electron chi connectivity index (χ1n) is 5.68. The predicted octanol–water partition coefficient (Wildman–Crippen LogP) is 2.32. The molecule has 0 amide bonds. The Hall–Kier alpha value is -1.29. The van der Waals surface area contributed by atoms with Crippen LogP contribution in [-0.4, -0.2) is 31.9 Å². The van der Waals surface area contributed by atoms with Crippen LogP contribution in [0.5, 0.6) is 5.88 Å². The van der Waals surface area contributed by atoms with Gasteiger partial charge in [-0.05, 0) is 12.5 Å². The average Bonchev–Trinajstić information content (AvgIpc) is 2.34. The van der Waals surface area contributed by atoms with Gasteiger partial charge in [-0.2, -0.15) is 0 Å². The number of pyridine rings is 1. The minimum atomic E-state index is 0.622. The number of nitrogens with one attached hydrogen (secondary N) is 1. The van der Waals surface area contributed by atoms with Crippen molar-refractivity contribution in [1.29, 1.82) is 0 Å². The quantitative estimate of drug-likeness (QED) is 0.688. The van der Waals surface area contributed by atoms with Crippen molar-refractivity contribution in [2.75, 3.05) is 32.2 Å². The molecule has 0 aliphatic heterocycles. The second kappa shape index (κ2) is 7.93. The van der Waals surface area contributed by atoms with Gasteiger partial charge in [0, 0.05) is 31.1 Å². The molecule has 1 aromatic rings. The summed E-state index contributed by atoms with van der Waals surface area (Å²) in [4.78, 5) is 4.03. The van der Waals surface area contributed by atoms with Gasteiger partial charge in [0.25, 0.3) is 0 Å². The molecule has 1 heterocycles. The molecule has 0 saturated heterocycles. The molecule has 0 atom stereocenters. The van der Waals surface area contributed by atoms with E-state index in [0.29, 0.717) is 5.88 Å². The summed E-state index contributed by atoms with van der Waals surface area (Å²) in [5.74, 6) is 0.622. The van der Waals surface area contributed by atoms with Gasteiger partial charge >= 0.3 is 0 Å².